The monoisotopic (exact) mass is 366 g/mol. The zero-order valence-corrected chi connectivity index (χ0v) is 12.8. The number of hydrogen-bond acceptors (Lipinski definition) is 2. The lowest BCUT2D eigenvalue weighted by atomic mass is 10.0. The second-order valence-electron chi connectivity index (χ2n) is 5.99. The highest BCUT2D eigenvalue weighted by molar-refractivity contribution is 5.24. The molecule has 1 rings (SSSR count). The third kappa shape index (κ3) is 5.59. The van der Waals surface area contributed by atoms with Gasteiger partial charge in [0.05, 0.1) is 12.0 Å². The van der Waals surface area contributed by atoms with Crippen LogP contribution in [0.2, 0.25) is 0 Å². The summed E-state index contributed by atoms with van der Waals surface area (Å²) in [5.74, 6) is -11.3. The van der Waals surface area contributed by atoms with Crippen LogP contribution >= 0.6 is 0 Å². The maximum absolute atomic E-state index is 13.6. The first-order chi connectivity index (χ1) is 10.7. The van der Waals surface area contributed by atoms with E-state index in [1.54, 1.807) is 0 Å². The van der Waals surface area contributed by atoms with Gasteiger partial charge >= 0.3 is 6.18 Å². The summed E-state index contributed by atoms with van der Waals surface area (Å²) in [6.45, 7) is 4.28. The lowest BCUT2D eigenvalue weighted by Crippen LogP contribution is -2.30. The van der Waals surface area contributed by atoms with E-state index in [-0.39, 0.29) is 0 Å². The average Bonchev–Trinajstić information content (AvgIpc) is 2.42. The van der Waals surface area contributed by atoms with Crippen LogP contribution in [0.25, 0.3) is 0 Å². The van der Waals surface area contributed by atoms with Crippen molar-refractivity contribution in [2.45, 2.75) is 51.5 Å². The molecule has 0 aliphatic carbocycles. The Morgan fingerprint density at radius 2 is 1.21 bits per heavy atom. The van der Waals surface area contributed by atoms with Gasteiger partial charge in [-0.25, -0.2) is 31.7 Å². The van der Waals surface area contributed by atoms with Gasteiger partial charge < -0.3 is 0 Å². The Hall–Kier alpha value is -1.42. The number of halogens is 8. The van der Waals surface area contributed by atoms with Gasteiger partial charge in [0, 0.05) is 12.0 Å². The van der Waals surface area contributed by atoms with Gasteiger partial charge in [0.1, 0.15) is 6.10 Å². The van der Waals surface area contributed by atoms with E-state index >= 15 is 0 Å². The molecule has 0 bridgehead atoms. The highest BCUT2D eigenvalue weighted by atomic mass is 19.4. The molecule has 0 saturated heterocycles. The van der Waals surface area contributed by atoms with Crippen LogP contribution in [0.4, 0.5) is 35.1 Å². The lowest BCUT2D eigenvalue weighted by molar-refractivity contribution is -0.381. The molecular formula is C14H14F8O2. The molecule has 0 saturated carbocycles. The van der Waals surface area contributed by atoms with E-state index in [1.807, 2.05) is 0 Å². The van der Waals surface area contributed by atoms with E-state index in [1.165, 1.54) is 20.8 Å². The van der Waals surface area contributed by atoms with Crippen molar-refractivity contribution in [1.29, 1.82) is 0 Å². The molecular weight excluding hydrogens is 352 g/mol. The Bertz CT molecular complexity index is 563. The van der Waals surface area contributed by atoms with Crippen molar-refractivity contribution < 1.29 is 44.9 Å². The fraction of sp³-hybridized carbons (Fsp3) is 0.571. The number of hydrogen-bond donors (Lipinski definition) is 0. The van der Waals surface area contributed by atoms with Crippen LogP contribution in [-0.4, -0.2) is 17.9 Å². The summed E-state index contributed by atoms with van der Waals surface area (Å²) in [4.78, 5) is 9.18. The van der Waals surface area contributed by atoms with Gasteiger partial charge in [0.25, 0.3) is 0 Å². The second-order valence-corrected chi connectivity index (χ2v) is 5.99. The topological polar surface area (TPSA) is 18.5 Å². The van der Waals surface area contributed by atoms with Gasteiger partial charge in [0.2, 0.25) is 5.82 Å². The summed E-state index contributed by atoms with van der Waals surface area (Å²) in [5.41, 5.74) is -2.46. The Morgan fingerprint density at radius 3 is 1.58 bits per heavy atom. The van der Waals surface area contributed by atoms with Crippen LogP contribution in [0.3, 0.4) is 0 Å². The summed E-state index contributed by atoms with van der Waals surface area (Å²) >= 11 is 0. The minimum atomic E-state index is -4.81. The van der Waals surface area contributed by atoms with Crippen molar-refractivity contribution >= 4 is 0 Å². The van der Waals surface area contributed by atoms with Crippen molar-refractivity contribution in [2.75, 3.05) is 0 Å². The predicted molar refractivity (Wildman–Crippen MR) is 66.3 cm³/mol. The van der Waals surface area contributed by atoms with Crippen molar-refractivity contribution in [2.24, 2.45) is 0 Å². The summed E-state index contributed by atoms with van der Waals surface area (Å²) in [6.07, 6.45) is -9.74. The van der Waals surface area contributed by atoms with E-state index in [2.05, 4.69) is 9.78 Å². The quantitative estimate of drug-likeness (QED) is 0.240. The Balaban J connectivity index is 3.14. The molecule has 0 N–H and O–H groups in total. The van der Waals surface area contributed by atoms with Crippen molar-refractivity contribution in [1.82, 2.24) is 0 Å². The highest BCUT2D eigenvalue weighted by Gasteiger charge is 2.36. The number of alkyl halides is 3. The third-order valence-corrected chi connectivity index (χ3v) is 2.63. The summed E-state index contributed by atoms with van der Waals surface area (Å²) < 4.78 is 104. The highest BCUT2D eigenvalue weighted by Crippen LogP contribution is 2.29. The van der Waals surface area contributed by atoms with Crippen LogP contribution in [0.15, 0.2) is 0 Å². The molecule has 0 spiro atoms. The number of rotatable bonds is 5. The maximum atomic E-state index is 13.6. The number of benzene rings is 1. The maximum Gasteiger partial charge on any atom is 0.391 e. The van der Waals surface area contributed by atoms with Crippen LogP contribution < -0.4 is 0 Å². The molecule has 0 amide bonds. The third-order valence-electron chi connectivity index (χ3n) is 2.63. The van der Waals surface area contributed by atoms with E-state index < -0.39 is 65.4 Å². The van der Waals surface area contributed by atoms with Crippen LogP contribution in [-0.2, 0) is 16.2 Å². The minimum absolute atomic E-state index is 1.06. The van der Waals surface area contributed by atoms with Crippen molar-refractivity contribution in [3.8, 4) is 0 Å². The Kier molecular flexibility index (Phi) is 6.20. The molecule has 0 fully saturated rings. The second kappa shape index (κ2) is 7.22. The van der Waals surface area contributed by atoms with Crippen LogP contribution in [0.5, 0.6) is 0 Å². The first-order valence-electron chi connectivity index (χ1n) is 6.64. The molecule has 10 heteroatoms. The summed E-state index contributed by atoms with van der Waals surface area (Å²) in [7, 11) is 0. The lowest BCUT2D eigenvalue weighted by Gasteiger charge is -2.24. The SMILES string of the molecule is CC(C)(C)OOC(Cc1c(F)c(F)c(F)c(F)c1F)CC(F)(F)F. The first-order valence-corrected chi connectivity index (χ1v) is 6.64. The molecule has 1 aromatic rings. The van der Waals surface area contributed by atoms with Crippen LogP contribution in [0.1, 0.15) is 32.8 Å². The standard InChI is InChI=1S/C14H14F8O2/c1-13(2,3)24-23-6(5-14(20,21)22)4-7-8(15)10(17)12(19)11(18)9(7)16/h6H,4-5H2,1-3H3. The predicted octanol–water partition coefficient (Wildman–Crippen LogP) is 4.99. The Morgan fingerprint density at radius 1 is 0.792 bits per heavy atom. The van der Waals surface area contributed by atoms with Gasteiger partial charge in [0.15, 0.2) is 23.3 Å². The molecule has 138 valence electrons. The van der Waals surface area contributed by atoms with Gasteiger partial charge in [-0.3, -0.25) is 0 Å². The normalized spacial score (nSPS) is 14.1. The van der Waals surface area contributed by atoms with Gasteiger partial charge in [-0.05, 0) is 20.8 Å². The fourth-order valence-electron chi connectivity index (χ4n) is 1.67. The molecule has 1 aromatic carbocycles. The molecule has 0 aliphatic heterocycles. The van der Waals surface area contributed by atoms with Crippen LogP contribution in [0, 0.1) is 29.1 Å². The average molecular weight is 366 g/mol. The molecule has 0 heterocycles. The first kappa shape index (κ1) is 20.6. The van der Waals surface area contributed by atoms with Gasteiger partial charge in [-0.1, -0.05) is 0 Å². The Labute approximate surface area is 132 Å². The van der Waals surface area contributed by atoms with Crippen molar-refractivity contribution in [3.63, 3.8) is 0 Å². The van der Waals surface area contributed by atoms with E-state index in [9.17, 15) is 35.1 Å². The summed E-state index contributed by atoms with van der Waals surface area (Å²) in [5, 5.41) is 0. The van der Waals surface area contributed by atoms with Gasteiger partial charge in [-0.15, -0.1) is 0 Å². The fourth-order valence-corrected chi connectivity index (χ4v) is 1.67. The molecule has 0 aromatic heterocycles. The van der Waals surface area contributed by atoms with Crippen molar-refractivity contribution in [3.05, 3.63) is 34.6 Å². The van der Waals surface area contributed by atoms with E-state index in [0.717, 1.165) is 0 Å². The zero-order chi connectivity index (χ0) is 18.9. The van der Waals surface area contributed by atoms with Gasteiger partial charge in [-0.2, -0.15) is 13.2 Å². The van der Waals surface area contributed by atoms with E-state index in [0.29, 0.717) is 0 Å². The molecule has 1 atom stereocenters. The smallest absolute Gasteiger partial charge is 0.232 e. The molecule has 2 nitrogen and oxygen atoms in total. The van der Waals surface area contributed by atoms with E-state index in [4.69, 9.17) is 0 Å². The minimum Gasteiger partial charge on any atom is -0.232 e. The summed E-state index contributed by atoms with van der Waals surface area (Å²) in [6, 6.07) is 0. The largest absolute Gasteiger partial charge is 0.391 e. The molecule has 24 heavy (non-hydrogen) atoms. The molecule has 1 unspecified atom stereocenters. The molecule has 0 aliphatic rings. The molecule has 0 radical (unpaired) electrons. The zero-order valence-electron chi connectivity index (χ0n) is 12.8.